The number of hydrogen-bond acceptors (Lipinski definition) is 23. The van der Waals surface area contributed by atoms with E-state index >= 15 is 0 Å². The topological polar surface area (TPSA) is 367 Å². The Kier molecular flexibility index (Phi) is 13.7. The first-order valence-electron chi connectivity index (χ1n) is 19.6. The number of phenols is 2. The zero-order chi connectivity index (χ0) is 45.1. The molecule has 0 bridgehead atoms. The van der Waals surface area contributed by atoms with E-state index in [2.05, 4.69) is 0 Å². The number of hydrogen-bond donors (Lipinski definition) is 13. The smallest absolute Gasteiger partial charge is 0.239 e. The van der Waals surface area contributed by atoms with Crippen LogP contribution in [0.25, 0.3) is 22.3 Å². The van der Waals surface area contributed by atoms with Crippen LogP contribution in [0.3, 0.4) is 0 Å². The van der Waals surface area contributed by atoms with Crippen LogP contribution in [0.15, 0.2) is 45.6 Å². The molecule has 0 radical (unpaired) electrons. The maximum absolute atomic E-state index is 14.5. The Morgan fingerprint density at radius 3 is 1.69 bits per heavy atom. The van der Waals surface area contributed by atoms with Crippen LogP contribution < -0.4 is 14.9 Å². The Hall–Kier alpha value is -3.83. The van der Waals surface area contributed by atoms with Crippen LogP contribution in [-0.4, -0.2) is 196 Å². The number of aromatic hydroxyl groups is 2. The third-order valence-corrected chi connectivity index (χ3v) is 11.3. The molecule has 23 nitrogen and oxygen atoms in total. The van der Waals surface area contributed by atoms with Crippen LogP contribution in [-0.2, 0) is 28.4 Å². The molecule has 4 fully saturated rings. The van der Waals surface area contributed by atoms with Crippen molar-refractivity contribution in [3.05, 3.63) is 46.6 Å². The molecule has 2 aromatic carbocycles. The molecule has 0 amide bonds. The van der Waals surface area contributed by atoms with Gasteiger partial charge in [0.15, 0.2) is 24.4 Å². The third kappa shape index (κ3) is 8.83. The zero-order valence-corrected chi connectivity index (χ0v) is 33.1. The zero-order valence-electron chi connectivity index (χ0n) is 33.1. The summed E-state index contributed by atoms with van der Waals surface area (Å²) in [5.74, 6) is -2.31. The summed E-state index contributed by atoms with van der Waals surface area (Å²) in [6.07, 6.45) is -32.8. The van der Waals surface area contributed by atoms with Crippen LogP contribution in [0.5, 0.6) is 23.0 Å². The van der Waals surface area contributed by atoms with E-state index in [1.807, 2.05) is 0 Å². The second-order valence-corrected chi connectivity index (χ2v) is 15.7. The predicted octanol–water partition coefficient (Wildman–Crippen LogP) is -4.04. The van der Waals surface area contributed by atoms with Crippen molar-refractivity contribution < 1.29 is 109 Å². The molecule has 4 aliphatic heterocycles. The summed E-state index contributed by atoms with van der Waals surface area (Å²) in [4.78, 5) is 14.5. The highest BCUT2D eigenvalue weighted by molar-refractivity contribution is 5.88. The molecule has 0 spiro atoms. The van der Waals surface area contributed by atoms with Gasteiger partial charge in [-0.25, -0.2) is 0 Å². The number of ether oxygens (including phenoxy) is 8. The Labute approximate surface area is 350 Å². The second kappa shape index (κ2) is 18.3. The third-order valence-electron chi connectivity index (χ3n) is 11.3. The minimum atomic E-state index is -2.06. The first-order chi connectivity index (χ1) is 29.3. The van der Waals surface area contributed by atoms with Gasteiger partial charge in [-0.1, -0.05) is 0 Å². The molecule has 20 atom stereocenters. The quantitative estimate of drug-likeness (QED) is 0.0921. The molecule has 7 rings (SSSR count). The molecule has 344 valence electrons. The summed E-state index contributed by atoms with van der Waals surface area (Å²) in [7, 11) is 0. The molecular weight excluding hydrogens is 836 g/mol. The van der Waals surface area contributed by atoms with Gasteiger partial charge in [-0.3, -0.25) is 4.79 Å². The van der Waals surface area contributed by atoms with Crippen molar-refractivity contribution in [1.29, 1.82) is 0 Å². The molecule has 5 heterocycles. The van der Waals surface area contributed by atoms with E-state index in [0.717, 1.165) is 12.1 Å². The molecule has 0 saturated carbocycles. The lowest BCUT2D eigenvalue weighted by Gasteiger charge is -2.46. The SMILES string of the molecule is C[C@@H]1O[C@@H](OC[C@H]2O[C@@H](Oc3c(-c4ccc(O)cc4)oc4cc(O[C@@H]5O[C@@H](C)[C@H](O)[C@@H](O)[C@H]5O)cc(O)c4c3=O)[C@H](O[C@@H]3O[C@@H](C)[C@H](O)[C@@H](O)[C@H]3O)[C@@H](O)[C@H]2O)[C@H](O)[C@H](O)[C@H]1O. The van der Waals surface area contributed by atoms with Gasteiger partial charge in [-0.05, 0) is 45.0 Å². The minimum absolute atomic E-state index is 0.0728. The van der Waals surface area contributed by atoms with Gasteiger partial charge in [0.2, 0.25) is 23.8 Å². The summed E-state index contributed by atoms with van der Waals surface area (Å²) < 4.78 is 52.0. The second-order valence-electron chi connectivity index (χ2n) is 15.7. The normalized spacial score (nSPS) is 41.5. The lowest BCUT2D eigenvalue weighted by molar-refractivity contribution is -0.360. The Morgan fingerprint density at radius 2 is 1.10 bits per heavy atom. The number of benzene rings is 2. The first-order valence-corrected chi connectivity index (χ1v) is 19.6. The average Bonchev–Trinajstić information content (AvgIpc) is 3.24. The van der Waals surface area contributed by atoms with Gasteiger partial charge in [-0.2, -0.15) is 0 Å². The summed E-state index contributed by atoms with van der Waals surface area (Å²) in [5.41, 5.74) is -1.36. The lowest BCUT2D eigenvalue weighted by Crippen LogP contribution is -2.65. The van der Waals surface area contributed by atoms with E-state index in [1.54, 1.807) is 0 Å². The highest BCUT2D eigenvalue weighted by Crippen LogP contribution is 2.39. The molecule has 23 heteroatoms. The van der Waals surface area contributed by atoms with Crippen molar-refractivity contribution in [2.45, 2.75) is 144 Å². The number of rotatable bonds is 10. The number of aliphatic hydroxyl groups is 11. The van der Waals surface area contributed by atoms with Gasteiger partial charge >= 0.3 is 0 Å². The van der Waals surface area contributed by atoms with Crippen molar-refractivity contribution in [3.8, 4) is 34.3 Å². The van der Waals surface area contributed by atoms with Gasteiger partial charge in [0, 0.05) is 17.7 Å². The fraction of sp³-hybridized carbons (Fsp3) is 0.615. The van der Waals surface area contributed by atoms with Crippen molar-refractivity contribution in [2.24, 2.45) is 0 Å². The molecular formula is C39H50O23. The van der Waals surface area contributed by atoms with Gasteiger partial charge in [-0.15, -0.1) is 0 Å². The number of phenolic OH excluding ortho intramolecular Hbond substituents is 2. The Balaban J connectivity index is 1.27. The lowest BCUT2D eigenvalue weighted by atomic mass is 9.97. The maximum atomic E-state index is 14.5. The summed E-state index contributed by atoms with van der Waals surface area (Å²) in [6, 6.07) is 7.21. The monoisotopic (exact) mass is 886 g/mol. The van der Waals surface area contributed by atoms with E-state index in [9.17, 15) is 71.2 Å². The van der Waals surface area contributed by atoms with Crippen molar-refractivity contribution >= 4 is 11.0 Å². The van der Waals surface area contributed by atoms with Crippen molar-refractivity contribution in [1.82, 2.24) is 0 Å². The number of fused-ring (bicyclic) bond motifs is 1. The average molecular weight is 887 g/mol. The molecule has 3 aromatic rings. The highest BCUT2D eigenvalue weighted by atomic mass is 16.8. The molecule has 13 N–H and O–H groups in total. The van der Waals surface area contributed by atoms with E-state index in [4.69, 9.17) is 42.3 Å². The molecule has 0 unspecified atom stereocenters. The van der Waals surface area contributed by atoms with Crippen LogP contribution >= 0.6 is 0 Å². The largest absolute Gasteiger partial charge is 0.508 e. The van der Waals surface area contributed by atoms with Gasteiger partial charge in [0.1, 0.15) is 101 Å². The van der Waals surface area contributed by atoms with Gasteiger partial charge in [0.05, 0.1) is 24.9 Å². The highest BCUT2D eigenvalue weighted by Gasteiger charge is 2.52. The van der Waals surface area contributed by atoms with Gasteiger partial charge < -0.3 is 109 Å². The standard InChI is InChI=1S/C39H50O23/c1-11-21(42)26(47)30(51)36(55-11)54-10-19-24(45)29(50)35(62-38-32(53)28(49)23(44)13(3)57-38)39(60-19)61-34-25(46)20-17(41)8-16(58-37-31(52)27(48)22(43)12(2)56-37)9-18(20)59-33(34)14-4-6-15(40)7-5-14/h4-9,11-13,19,21-24,26-32,35-45,47-53H,10H2,1-3H3/t11-,12-,13-,19+,21-,22-,23-,24-,26+,27+,28+,29-,30+,31+,32+,35+,36+,37-,38-,39-/m0/s1. The maximum Gasteiger partial charge on any atom is 0.239 e. The van der Waals surface area contributed by atoms with Crippen LogP contribution in [0, 0.1) is 0 Å². The molecule has 4 saturated heterocycles. The van der Waals surface area contributed by atoms with Crippen molar-refractivity contribution in [3.63, 3.8) is 0 Å². The summed E-state index contributed by atoms with van der Waals surface area (Å²) in [5, 5.41) is 137. The minimum Gasteiger partial charge on any atom is -0.508 e. The van der Waals surface area contributed by atoms with Crippen LogP contribution in [0.1, 0.15) is 20.8 Å². The molecule has 4 aliphatic rings. The van der Waals surface area contributed by atoms with E-state index in [-0.39, 0.29) is 22.6 Å². The van der Waals surface area contributed by atoms with Crippen LogP contribution in [0.4, 0.5) is 0 Å². The van der Waals surface area contributed by atoms with E-state index in [0.29, 0.717) is 0 Å². The Morgan fingerprint density at radius 1 is 0.565 bits per heavy atom. The van der Waals surface area contributed by atoms with Gasteiger partial charge in [0.25, 0.3) is 0 Å². The first kappa shape index (κ1) is 46.2. The number of aliphatic hydroxyl groups excluding tert-OH is 11. The summed E-state index contributed by atoms with van der Waals surface area (Å²) in [6.45, 7) is 3.47. The molecule has 62 heavy (non-hydrogen) atoms. The fourth-order valence-electron chi connectivity index (χ4n) is 7.50. The molecule has 1 aromatic heterocycles. The predicted molar refractivity (Wildman–Crippen MR) is 201 cm³/mol. The van der Waals surface area contributed by atoms with E-state index in [1.165, 1.54) is 45.0 Å². The van der Waals surface area contributed by atoms with Crippen molar-refractivity contribution in [2.75, 3.05) is 6.61 Å². The molecule has 0 aliphatic carbocycles. The fourth-order valence-corrected chi connectivity index (χ4v) is 7.50. The summed E-state index contributed by atoms with van der Waals surface area (Å²) >= 11 is 0. The van der Waals surface area contributed by atoms with E-state index < -0.39 is 158 Å². The Bertz CT molecular complexity index is 2060. The van der Waals surface area contributed by atoms with Crippen LogP contribution in [0.2, 0.25) is 0 Å².